The zero-order valence-corrected chi connectivity index (χ0v) is 24.9. The summed E-state index contributed by atoms with van der Waals surface area (Å²) in [5.74, 6) is 0.258. The highest BCUT2D eigenvalue weighted by molar-refractivity contribution is 6.36. The average Bonchev–Trinajstić information content (AvgIpc) is 2.89. The van der Waals surface area contributed by atoms with E-state index in [9.17, 15) is 9.59 Å². The van der Waals surface area contributed by atoms with Crippen molar-refractivity contribution in [3.8, 4) is 5.75 Å². The molecule has 0 heterocycles. The van der Waals surface area contributed by atoms with Crippen molar-refractivity contribution < 1.29 is 14.3 Å². The van der Waals surface area contributed by atoms with Crippen molar-refractivity contribution in [3.05, 3.63) is 99.5 Å². The molecule has 3 aromatic rings. The molecular formula is C32H38Cl2N2O3. The van der Waals surface area contributed by atoms with E-state index in [0.29, 0.717) is 34.3 Å². The second-order valence-corrected chi connectivity index (χ2v) is 11.9. The maximum atomic E-state index is 13.8. The van der Waals surface area contributed by atoms with Crippen molar-refractivity contribution in [2.75, 3.05) is 13.2 Å². The van der Waals surface area contributed by atoms with Crippen LogP contribution in [0.4, 0.5) is 0 Å². The fourth-order valence-corrected chi connectivity index (χ4v) is 4.63. The second kappa shape index (κ2) is 13.9. The molecule has 5 nitrogen and oxygen atoms in total. The first kappa shape index (κ1) is 30.5. The Morgan fingerprint density at radius 3 is 2.08 bits per heavy atom. The summed E-state index contributed by atoms with van der Waals surface area (Å²) >= 11 is 13.0. The molecule has 208 valence electrons. The van der Waals surface area contributed by atoms with Crippen LogP contribution in [-0.2, 0) is 28.0 Å². The molecule has 0 bridgehead atoms. The number of rotatable bonds is 11. The van der Waals surface area contributed by atoms with Crippen LogP contribution >= 0.6 is 23.2 Å². The SMILES string of the molecule is CC(C)CNC(=O)C(Cc1ccccc1)N(Cc1c(Cl)cccc1Cl)C(=O)COc1ccc(C(C)(C)C)cc1. The Morgan fingerprint density at radius 2 is 1.51 bits per heavy atom. The minimum atomic E-state index is -0.794. The van der Waals surface area contributed by atoms with E-state index in [1.165, 1.54) is 10.5 Å². The normalized spacial score (nSPS) is 12.2. The van der Waals surface area contributed by atoms with Crippen LogP contribution in [0, 0.1) is 5.92 Å². The van der Waals surface area contributed by atoms with Gasteiger partial charge in [-0.3, -0.25) is 9.59 Å². The summed E-state index contributed by atoms with van der Waals surface area (Å²) in [4.78, 5) is 28.9. The smallest absolute Gasteiger partial charge is 0.261 e. The third-order valence-electron chi connectivity index (χ3n) is 6.43. The van der Waals surface area contributed by atoms with Crippen LogP contribution in [0.2, 0.25) is 10.0 Å². The van der Waals surface area contributed by atoms with Crippen molar-refractivity contribution >= 4 is 35.0 Å². The lowest BCUT2D eigenvalue weighted by atomic mass is 9.87. The maximum absolute atomic E-state index is 13.8. The molecule has 0 radical (unpaired) electrons. The first-order valence-electron chi connectivity index (χ1n) is 13.2. The van der Waals surface area contributed by atoms with Gasteiger partial charge in [-0.1, -0.05) is 106 Å². The first-order chi connectivity index (χ1) is 18.5. The molecule has 1 unspecified atom stereocenters. The van der Waals surface area contributed by atoms with Gasteiger partial charge in [-0.2, -0.15) is 0 Å². The Hall–Kier alpha value is -3.02. The largest absolute Gasteiger partial charge is 0.484 e. The molecule has 2 amide bonds. The molecule has 0 saturated heterocycles. The van der Waals surface area contributed by atoms with E-state index < -0.39 is 6.04 Å². The highest BCUT2D eigenvalue weighted by Gasteiger charge is 2.31. The Kier molecular flexibility index (Phi) is 10.8. The number of nitrogens with zero attached hydrogens (tertiary/aromatic N) is 1. The summed E-state index contributed by atoms with van der Waals surface area (Å²) in [6.07, 6.45) is 0.332. The highest BCUT2D eigenvalue weighted by atomic mass is 35.5. The predicted octanol–water partition coefficient (Wildman–Crippen LogP) is 7.08. The Bertz CT molecular complexity index is 1220. The van der Waals surface area contributed by atoms with E-state index in [-0.39, 0.29) is 36.3 Å². The molecule has 1 N–H and O–H groups in total. The van der Waals surface area contributed by atoms with E-state index in [2.05, 4.69) is 26.1 Å². The van der Waals surface area contributed by atoms with Crippen molar-refractivity contribution in [2.24, 2.45) is 5.92 Å². The lowest BCUT2D eigenvalue weighted by Crippen LogP contribution is -2.52. The molecule has 0 saturated carbocycles. The molecule has 7 heteroatoms. The molecule has 3 rings (SSSR count). The van der Waals surface area contributed by atoms with E-state index in [1.807, 2.05) is 68.4 Å². The van der Waals surface area contributed by atoms with Crippen LogP contribution in [0.3, 0.4) is 0 Å². The van der Waals surface area contributed by atoms with Crippen molar-refractivity contribution in [1.82, 2.24) is 10.2 Å². The summed E-state index contributed by atoms with van der Waals surface area (Å²) in [5, 5.41) is 3.87. The topological polar surface area (TPSA) is 58.6 Å². The number of benzene rings is 3. The van der Waals surface area contributed by atoms with Gasteiger partial charge in [0.25, 0.3) is 5.91 Å². The van der Waals surface area contributed by atoms with Gasteiger partial charge >= 0.3 is 0 Å². The molecule has 0 fully saturated rings. The summed E-state index contributed by atoms with van der Waals surface area (Å²) in [5.41, 5.74) is 2.69. The Labute approximate surface area is 242 Å². The van der Waals surface area contributed by atoms with Gasteiger partial charge in [-0.15, -0.1) is 0 Å². The summed E-state index contributed by atoms with van der Waals surface area (Å²) in [6, 6.07) is 21.8. The highest BCUT2D eigenvalue weighted by Crippen LogP contribution is 2.28. The van der Waals surface area contributed by atoms with Crippen LogP contribution in [0.15, 0.2) is 72.8 Å². The number of hydrogen-bond acceptors (Lipinski definition) is 3. The fraction of sp³-hybridized carbons (Fsp3) is 0.375. The van der Waals surface area contributed by atoms with Gasteiger partial charge in [0.2, 0.25) is 5.91 Å². The molecule has 1 atom stereocenters. The third-order valence-corrected chi connectivity index (χ3v) is 7.14. The number of ether oxygens (including phenoxy) is 1. The van der Waals surface area contributed by atoms with E-state index >= 15 is 0 Å². The van der Waals surface area contributed by atoms with Gasteiger partial charge in [-0.25, -0.2) is 0 Å². The van der Waals surface area contributed by atoms with Gasteiger partial charge in [0.15, 0.2) is 6.61 Å². The van der Waals surface area contributed by atoms with Crippen LogP contribution in [-0.4, -0.2) is 35.9 Å². The minimum Gasteiger partial charge on any atom is -0.484 e. The zero-order valence-electron chi connectivity index (χ0n) is 23.3. The molecule has 0 aliphatic rings. The Morgan fingerprint density at radius 1 is 0.897 bits per heavy atom. The number of carbonyl (C=O) groups is 2. The van der Waals surface area contributed by atoms with Gasteiger partial charge in [0.05, 0.1) is 0 Å². The Balaban J connectivity index is 1.92. The number of halogens is 2. The molecule has 0 aliphatic carbocycles. The lowest BCUT2D eigenvalue weighted by Gasteiger charge is -2.32. The summed E-state index contributed by atoms with van der Waals surface area (Å²) in [7, 11) is 0. The maximum Gasteiger partial charge on any atom is 0.261 e. The van der Waals surface area contributed by atoms with Gasteiger partial charge in [-0.05, 0) is 46.7 Å². The first-order valence-corrected chi connectivity index (χ1v) is 14.0. The number of carbonyl (C=O) groups excluding carboxylic acids is 2. The van der Waals surface area contributed by atoms with Crippen molar-refractivity contribution in [2.45, 2.75) is 59.0 Å². The van der Waals surface area contributed by atoms with Crippen LogP contribution in [0.5, 0.6) is 5.75 Å². The molecule has 0 aromatic heterocycles. The van der Waals surface area contributed by atoms with Crippen LogP contribution in [0.1, 0.15) is 51.3 Å². The van der Waals surface area contributed by atoms with E-state index in [1.54, 1.807) is 18.2 Å². The van der Waals surface area contributed by atoms with E-state index in [0.717, 1.165) is 5.56 Å². The fourth-order valence-electron chi connectivity index (χ4n) is 4.11. The third kappa shape index (κ3) is 9.01. The summed E-state index contributed by atoms with van der Waals surface area (Å²) in [6.45, 7) is 10.8. The number of amides is 2. The standard InChI is InChI=1S/C32H38Cl2N2O3/c1-22(2)19-35-31(38)29(18-23-10-7-6-8-11-23)36(20-26-27(33)12-9-13-28(26)34)30(37)21-39-25-16-14-24(15-17-25)32(3,4)5/h6-17,22,29H,18-21H2,1-5H3,(H,35,38). The minimum absolute atomic E-state index is 0.00732. The quantitative estimate of drug-likeness (QED) is 0.269. The average molecular weight is 570 g/mol. The summed E-state index contributed by atoms with van der Waals surface area (Å²) < 4.78 is 5.90. The number of nitrogens with one attached hydrogen (secondary N) is 1. The molecule has 39 heavy (non-hydrogen) atoms. The van der Waals surface area contributed by atoms with Crippen molar-refractivity contribution in [3.63, 3.8) is 0 Å². The van der Waals surface area contributed by atoms with Crippen LogP contribution < -0.4 is 10.1 Å². The number of hydrogen-bond donors (Lipinski definition) is 1. The zero-order chi connectivity index (χ0) is 28.6. The van der Waals surface area contributed by atoms with Crippen molar-refractivity contribution in [1.29, 1.82) is 0 Å². The lowest BCUT2D eigenvalue weighted by molar-refractivity contribution is -0.142. The van der Waals surface area contributed by atoms with Gasteiger partial charge in [0, 0.05) is 35.1 Å². The van der Waals surface area contributed by atoms with Gasteiger partial charge in [0.1, 0.15) is 11.8 Å². The molecule has 0 spiro atoms. The molecular weight excluding hydrogens is 531 g/mol. The monoisotopic (exact) mass is 568 g/mol. The second-order valence-electron chi connectivity index (χ2n) is 11.1. The molecule has 0 aliphatic heterocycles. The van der Waals surface area contributed by atoms with E-state index in [4.69, 9.17) is 27.9 Å². The van der Waals surface area contributed by atoms with Gasteiger partial charge < -0.3 is 15.0 Å². The van der Waals surface area contributed by atoms with Crippen LogP contribution in [0.25, 0.3) is 0 Å². The predicted molar refractivity (Wildman–Crippen MR) is 159 cm³/mol. The molecule has 3 aromatic carbocycles.